The van der Waals surface area contributed by atoms with E-state index in [1.54, 1.807) is 11.3 Å². The number of ether oxygens (including phenoxy) is 1. The van der Waals surface area contributed by atoms with E-state index in [9.17, 15) is 4.79 Å². The second-order valence-corrected chi connectivity index (χ2v) is 9.68. The number of para-hydroxylation sites is 1. The minimum Gasteiger partial charge on any atom is -0.484 e. The second kappa shape index (κ2) is 8.88. The van der Waals surface area contributed by atoms with Gasteiger partial charge in [-0.25, -0.2) is 4.98 Å². The monoisotopic (exact) mass is 544 g/mol. The number of hydrogen-bond donors (Lipinski definition) is 1. The molecule has 0 radical (unpaired) electrons. The number of benzene rings is 3. The normalized spacial score (nSPS) is 10.9. The highest BCUT2D eigenvalue weighted by Crippen LogP contribution is 2.40. The molecule has 30 heavy (non-hydrogen) atoms. The van der Waals surface area contributed by atoms with Crippen LogP contribution in [0.1, 0.15) is 11.1 Å². The first-order valence-corrected chi connectivity index (χ1v) is 11.7. The molecule has 152 valence electrons. The molecular weight excluding hydrogens is 528 g/mol. The van der Waals surface area contributed by atoms with Gasteiger partial charge in [0.2, 0.25) is 0 Å². The number of nitrogens with one attached hydrogen (secondary N) is 1. The maximum absolute atomic E-state index is 12.6. The molecule has 0 spiro atoms. The van der Waals surface area contributed by atoms with Gasteiger partial charge in [0.15, 0.2) is 6.61 Å². The van der Waals surface area contributed by atoms with E-state index in [2.05, 4.69) is 37.2 Å². The molecule has 1 aromatic heterocycles. The molecular formula is C23H18Br2N2O2S. The van der Waals surface area contributed by atoms with E-state index in [0.29, 0.717) is 11.4 Å². The Morgan fingerprint density at radius 3 is 2.63 bits per heavy atom. The molecule has 1 heterocycles. The molecule has 4 rings (SSSR count). The topological polar surface area (TPSA) is 51.2 Å². The van der Waals surface area contributed by atoms with Crippen molar-refractivity contribution in [3.63, 3.8) is 0 Å². The molecule has 0 fully saturated rings. The summed E-state index contributed by atoms with van der Waals surface area (Å²) in [5.74, 6) is 0.438. The first-order chi connectivity index (χ1) is 14.4. The van der Waals surface area contributed by atoms with Crippen LogP contribution in [0.15, 0.2) is 63.5 Å². The van der Waals surface area contributed by atoms with Gasteiger partial charge in [-0.15, -0.1) is 11.3 Å². The maximum Gasteiger partial charge on any atom is 0.262 e. The number of carbonyl (C=O) groups excluding carboxylic acids is 1. The number of rotatable bonds is 5. The van der Waals surface area contributed by atoms with Gasteiger partial charge in [0.25, 0.3) is 5.91 Å². The standard InChI is InChI=1S/C23H18Br2N2O2S/c1-13-7-8-16(9-14(13)2)29-12-21(28)27-22-17(10-15(24)11-18(22)25)23-26-19-5-3-4-6-20(19)30-23/h3-11H,12H2,1-2H3,(H,27,28). The van der Waals surface area contributed by atoms with E-state index in [4.69, 9.17) is 9.72 Å². The van der Waals surface area contributed by atoms with Crippen LogP contribution in [0.5, 0.6) is 5.75 Å². The molecule has 4 nitrogen and oxygen atoms in total. The number of hydrogen-bond acceptors (Lipinski definition) is 4. The fraction of sp³-hybridized carbons (Fsp3) is 0.130. The highest BCUT2D eigenvalue weighted by molar-refractivity contribution is 9.11. The first kappa shape index (κ1) is 21.0. The van der Waals surface area contributed by atoms with Crippen LogP contribution in [-0.2, 0) is 4.79 Å². The van der Waals surface area contributed by atoms with E-state index < -0.39 is 0 Å². The SMILES string of the molecule is Cc1ccc(OCC(=O)Nc2c(Br)cc(Br)cc2-c2nc3ccccc3s2)cc1C. The van der Waals surface area contributed by atoms with Crippen molar-refractivity contribution in [3.05, 3.63) is 74.7 Å². The average molecular weight is 546 g/mol. The van der Waals surface area contributed by atoms with Crippen molar-refractivity contribution in [2.24, 2.45) is 0 Å². The van der Waals surface area contributed by atoms with Gasteiger partial charge < -0.3 is 10.1 Å². The molecule has 0 unspecified atom stereocenters. The number of aryl methyl sites for hydroxylation is 2. The first-order valence-electron chi connectivity index (χ1n) is 9.25. The number of thiazole rings is 1. The van der Waals surface area contributed by atoms with Gasteiger partial charge in [-0.3, -0.25) is 4.79 Å². The number of aromatic nitrogens is 1. The molecule has 1 amide bonds. The molecule has 0 atom stereocenters. The van der Waals surface area contributed by atoms with Crippen molar-refractivity contribution in [3.8, 4) is 16.3 Å². The van der Waals surface area contributed by atoms with Gasteiger partial charge in [0, 0.05) is 14.5 Å². The molecule has 7 heteroatoms. The van der Waals surface area contributed by atoms with Crippen LogP contribution in [0.25, 0.3) is 20.8 Å². The van der Waals surface area contributed by atoms with Crippen LogP contribution in [0.2, 0.25) is 0 Å². The Kier molecular flexibility index (Phi) is 6.22. The highest BCUT2D eigenvalue weighted by Gasteiger charge is 2.17. The average Bonchev–Trinajstić information content (AvgIpc) is 3.15. The van der Waals surface area contributed by atoms with Gasteiger partial charge in [-0.05, 0) is 77.3 Å². The Morgan fingerprint density at radius 1 is 1.07 bits per heavy atom. The summed E-state index contributed by atoms with van der Waals surface area (Å²) < 4.78 is 8.45. The maximum atomic E-state index is 12.6. The van der Waals surface area contributed by atoms with Gasteiger partial charge in [0.1, 0.15) is 10.8 Å². The van der Waals surface area contributed by atoms with Crippen molar-refractivity contribution < 1.29 is 9.53 Å². The molecule has 4 aromatic rings. The van der Waals surface area contributed by atoms with E-state index in [1.165, 1.54) is 5.56 Å². The lowest BCUT2D eigenvalue weighted by Gasteiger charge is -2.13. The minimum atomic E-state index is -0.237. The Morgan fingerprint density at radius 2 is 1.87 bits per heavy atom. The molecule has 3 aromatic carbocycles. The molecule has 0 saturated carbocycles. The molecule has 0 saturated heterocycles. The van der Waals surface area contributed by atoms with Crippen LogP contribution in [-0.4, -0.2) is 17.5 Å². The van der Waals surface area contributed by atoms with Crippen molar-refractivity contribution in [2.45, 2.75) is 13.8 Å². The predicted octanol–water partition coefficient (Wildman–Crippen LogP) is 7.12. The van der Waals surface area contributed by atoms with Gasteiger partial charge >= 0.3 is 0 Å². The fourth-order valence-electron chi connectivity index (χ4n) is 2.98. The van der Waals surface area contributed by atoms with Crippen molar-refractivity contribution in [1.82, 2.24) is 4.98 Å². The Balaban J connectivity index is 1.58. The van der Waals surface area contributed by atoms with Crippen molar-refractivity contribution in [1.29, 1.82) is 0 Å². The number of halogens is 2. The molecule has 0 bridgehead atoms. The Bertz CT molecular complexity index is 1220. The number of carbonyl (C=O) groups is 1. The molecule has 0 aliphatic carbocycles. The third-order valence-electron chi connectivity index (χ3n) is 4.69. The van der Waals surface area contributed by atoms with E-state index in [0.717, 1.165) is 35.3 Å². The number of anilines is 1. The van der Waals surface area contributed by atoms with Crippen molar-refractivity contribution in [2.75, 3.05) is 11.9 Å². The zero-order valence-corrected chi connectivity index (χ0v) is 20.3. The quantitative estimate of drug-likeness (QED) is 0.290. The lowest BCUT2D eigenvalue weighted by Crippen LogP contribution is -2.21. The molecule has 1 N–H and O–H groups in total. The summed E-state index contributed by atoms with van der Waals surface area (Å²) in [4.78, 5) is 17.4. The van der Waals surface area contributed by atoms with E-state index in [-0.39, 0.29) is 12.5 Å². The summed E-state index contributed by atoms with van der Waals surface area (Å²) in [6, 6.07) is 17.6. The minimum absolute atomic E-state index is 0.0791. The zero-order chi connectivity index (χ0) is 21.3. The third kappa shape index (κ3) is 4.58. The number of nitrogens with zero attached hydrogens (tertiary/aromatic N) is 1. The predicted molar refractivity (Wildman–Crippen MR) is 130 cm³/mol. The van der Waals surface area contributed by atoms with Crippen molar-refractivity contribution >= 4 is 65.0 Å². The Hall–Kier alpha value is -2.22. The molecule has 0 aliphatic rings. The third-order valence-corrected chi connectivity index (χ3v) is 6.84. The smallest absolute Gasteiger partial charge is 0.262 e. The summed E-state index contributed by atoms with van der Waals surface area (Å²) in [6.07, 6.45) is 0. The second-order valence-electron chi connectivity index (χ2n) is 6.88. The van der Waals surface area contributed by atoms with Crippen LogP contribution < -0.4 is 10.1 Å². The van der Waals surface area contributed by atoms with Gasteiger partial charge in [-0.2, -0.15) is 0 Å². The van der Waals surface area contributed by atoms with Crippen LogP contribution in [0.3, 0.4) is 0 Å². The highest BCUT2D eigenvalue weighted by atomic mass is 79.9. The lowest BCUT2D eigenvalue weighted by molar-refractivity contribution is -0.118. The summed E-state index contributed by atoms with van der Waals surface area (Å²) in [6.45, 7) is 3.98. The van der Waals surface area contributed by atoms with Crippen LogP contribution in [0.4, 0.5) is 5.69 Å². The largest absolute Gasteiger partial charge is 0.484 e. The molecule has 0 aliphatic heterocycles. The Labute approximate surface area is 195 Å². The summed E-state index contributed by atoms with van der Waals surface area (Å²) in [7, 11) is 0. The summed E-state index contributed by atoms with van der Waals surface area (Å²) in [5, 5.41) is 3.82. The van der Waals surface area contributed by atoms with E-state index >= 15 is 0 Å². The zero-order valence-electron chi connectivity index (χ0n) is 16.3. The van der Waals surface area contributed by atoms with Gasteiger partial charge in [0.05, 0.1) is 15.9 Å². The van der Waals surface area contributed by atoms with Gasteiger partial charge in [-0.1, -0.05) is 34.1 Å². The van der Waals surface area contributed by atoms with Crippen LogP contribution in [0, 0.1) is 13.8 Å². The summed E-state index contributed by atoms with van der Waals surface area (Å²) in [5.41, 5.74) is 4.76. The number of amides is 1. The lowest BCUT2D eigenvalue weighted by atomic mass is 10.1. The number of fused-ring (bicyclic) bond motifs is 1. The summed E-state index contributed by atoms with van der Waals surface area (Å²) >= 11 is 8.70. The van der Waals surface area contributed by atoms with Crippen LogP contribution >= 0.6 is 43.2 Å². The fourth-order valence-corrected chi connectivity index (χ4v) is 5.30. The van der Waals surface area contributed by atoms with E-state index in [1.807, 2.05) is 68.4 Å².